The quantitative estimate of drug-likeness (QED) is 0.920. The molecule has 1 aliphatic heterocycles. The molecule has 2 rings (SSSR count). The maximum Gasteiger partial charge on any atom is 0.356 e. The van der Waals surface area contributed by atoms with Gasteiger partial charge in [-0.3, -0.25) is 0 Å². The summed E-state index contributed by atoms with van der Waals surface area (Å²) in [7, 11) is -3.76. The molecule has 1 unspecified atom stereocenters. The van der Waals surface area contributed by atoms with Crippen molar-refractivity contribution in [1.82, 2.24) is 9.29 Å². The van der Waals surface area contributed by atoms with Crippen molar-refractivity contribution >= 4 is 27.3 Å². The van der Waals surface area contributed by atoms with Crippen LogP contribution in [0.2, 0.25) is 0 Å². The highest BCUT2D eigenvalue weighted by atomic mass is 32.2. The average Bonchev–Trinajstić information content (AvgIpc) is 2.74. The Morgan fingerprint density at radius 1 is 1.47 bits per heavy atom. The van der Waals surface area contributed by atoms with E-state index in [0.717, 1.165) is 37.0 Å². The van der Waals surface area contributed by atoms with Gasteiger partial charge in [0.1, 0.15) is 0 Å². The van der Waals surface area contributed by atoms with Crippen molar-refractivity contribution in [3.8, 4) is 0 Å². The molecular weight excluding hydrogens is 288 g/mol. The molecule has 0 aliphatic carbocycles. The van der Waals surface area contributed by atoms with Gasteiger partial charge in [0.15, 0.2) is 9.90 Å². The Bertz CT molecular complexity index is 567. The molecule has 0 spiro atoms. The lowest BCUT2D eigenvalue weighted by Crippen LogP contribution is -2.38. The summed E-state index contributed by atoms with van der Waals surface area (Å²) in [4.78, 5) is 14.7. The van der Waals surface area contributed by atoms with E-state index in [0.29, 0.717) is 6.54 Å². The Labute approximate surface area is 116 Å². The monoisotopic (exact) mass is 304 g/mol. The van der Waals surface area contributed by atoms with E-state index in [4.69, 9.17) is 5.11 Å². The Morgan fingerprint density at radius 3 is 2.89 bits per heavy atom. The van der Waals surface area contributed by atoms with Gasteiger partial charge in [-0.2, -0.15) is 4.31 Å². The Balaban J connectivity index is 2.40. The molecule has 1 aromatic rings. The predicted molar refractivity (Wildman–Crippen MR) is 70.9 cm³/mol. The lowest BCUT2D eigenvalue weighted by atomic mass is 10.1. The molecule has 0 radical (unpaired) electrons. The number of rotatable bonds is 3. The van der Waals surface area contributed by atoms with Gasteiger partial charge in [-0.05, 0) is 19.8 Å². The number of thiazole rings is 1. The van der Waals surface area contributed by atoms with Crippen LogP contribution in [0.3, 0.4) is 0 Å². The number of aromatic nitrogens is 1. The molecule has 1 fully saturated rings. The predicted octanol–water partition coefficient (Wildman–Crippen LogP) is 1.79. The third kappa shape index (κ3) is 2.80. The number of carbonyl (C=O) groups is 1. The minimum Gasteiger partial charge on any atom is -0.476 e. The molecule has 1 atom stereocenters. The number of carboxylic acid groups (broad SMARTS) is 1. The largest absolute Gasteiger partial charge is 0.476 e. The van der Waals surface area contributed by atoms with Crippen LogP contribution >= 0.6 is 11.3 Å². The molecule has 2 heterocycles. The Morgan fingerprint density at radius 2 is 2.21 bits per heavy atom. The average molecular weight is 304 g/mol. The fourth-order valence-electron chi connectivity index (χ4n) is 2.27. The van der Waals surface area contributed by atoms with Crippen LogP contribution in [0.1, 0.15) is 43.1 Å². The van der Waals surface area contributed by atoms with Crippen LogP contribution in [0.15, 0.2) is 9.72 Å². The molecule has 1 aromatic heterocycles. The van der Waals surface area contributed by atoms with Crippen molar-refractivity contribution in [3.63, 3.8) is 0 Å². The highest BCUT2D eigenvalue weighted by Crippen LogP contribution is 2.28. The number of hydrogen-bond donors (Lipinski definition) is 1. The maximum absolute atomic E-state index is 12.6. The minimum atomic E-state index is -3.76. The number of carboxylic acids is 1. The fraction of sp³-hybridized carbons (Fsp3) is 0.636. The van der Waals surface area contributed by atoms with Crippen molar-refractivity contribution < 1.29 is 18.3 Å². The molecule has 0 amide bonds. The van der Waals surface area contributed by atoms with Gasteiger partial charge in [0.05, 0.1) is 5.51 Å². The molecule has 0 aromatic carbocycles. The molecule has 8 heteroatoms. The van der Waals surface area contributed by atoms with Crippen LogP contribution < -0.4 is 0 Å². The number of sulfonamides is 1. The first kappa shape index (κ1) is 14.4. The summed E-state index contributed by atoms with van der Waals surface area (Å²) in [6.07, 6.45) is 3.62. The molecule has 19 heavy (non-hydrogen) atoms. The molecule has 1 saturated heterocycles. The van der Waals surface area contributed by atoms with E-state index >= 15 is 0 Å². The SMILES string of the molecule is CC1CCCCCN1S(=O)(=O)c1scnc1C(=O)O. The second kappa shape index (κ2) is 5.56. The summed E-state index contributed by atoms with van der Waals surface area (Å²) in [6.45, 7) is 2.31. The number of nitrogens with zero attached hydrogens (tertiary/aromatic N) is 2. The van der Waals surface area contributed by atoms with Crippen LogP contribution in [0.5, 0.6) is 0 Å². The van der Waals surface area contributed by atoms with E-state index in [-0.39, 0.29) is 15.9 Å². The van der Waals surface area contributed by atoms with Crippen LogP contribution in [-0.4, -0.2) is 41.4 Å². The molecule has 106 valence electrons. The summed E-state index contributed by atoms with van der Waals surface area (Å²) < 4.78 is 26.4. The number of aromatic carboxylic acids is 1. The van der Waals surface area contributed by atoms with Gasteiger partial charge in [-0.15, -0.1) is 11.3 Å². The van der Waals surface area contributed by atoms with Gasteiger partial charge in [-0.1, -0.05) is 12.8 Å². The van der Waals surface area contributed by atoms with E-state index < -0.39 is 16.0 Å². The van der Waals surface area contributed by atoms with Crippen molar-refractivity contribution in [1.29, 1.82) is 0 Å². The summed E-state index contributed by atoms with van der Waals surface area (Å²) in [5, 5.41) is 9.00. The van der Waals surface area contributed by atoms with E-state index in [1.807, 2.05) is 6.92 Å². The smallest absolute Gasteiger partial charge is 0.356 e. The van der Waals surface area contributed by atoms with Gasteiger partial charge in [0, 0.05) is 12.6 Å². The summed E-state index contributed by atoms with van der Waals surface area (Å²) in [5.41, 5.74) is 0.889. The highest BCUT2D eigenvalue weighted by Gasteiger charge is 2.34. The third-order valence-electron chi connectivity index (χ3n) is 3.27. The fourth-order valence-corrected chi connectivity index (χ4v) is 5.23. The van der Waals surface area contributed by atoms with Crippen molar-refractivity contribution in [3.05, 3.63) is 11.2 Å². The first-order valence-electron chi connectivity index (χ1n) is 6.13. The standard InChI is InChI=1S/C11H16N2O4S2/c1-8-5-3-2-4-6-13(8)19(16,17)11-9(10(14)15)12-7-18-11/h7-8H,2-6H2,1H3,(H,14,15). The zero-order valence-electron chi connectivity index (χ0n) is 10.6. The zero-order chi connectivity index (χ0) is 14.0. The van der Waals surface area contributed by atoms with E-state index in [9.17, 15) is 13.2 Å². The molecule has 0 saturated carbocycles. The Hall–Kier alpha value is -0.990. The lowest BCUT2D eigenvalue weighted by molar-refractivity contribution is 0.0687. The van der Waals surface area contributed by atoms with E-state index in [1.165, 1.54) is 9.82 Å². The van der Waals surface area contributed by atoms with Gasteiger partial charge in [0.25, 0.3) is 10.0 Å². The number of hydrogen-bond acceptors (Lipinski definition) is 5. The molecule has 1 aliphatic rings. The van der Waals surface area contributed by atoms with Crippen LogP contribution in [-0.2, 0) is 10.0 Å². The summed E-state index contributed by atoms with van der Waals surface area (Å²) >= 11 is 0.866. The summed E-state index contributed by atoms with van der Waals surface area (Å²) in [6, 6.07) is -0.101. The van der Waals surface area contributed by atoms with E-state index in [1.54, 1.807) is 0 Å². The van der Waals surface area contributed by atoms with Gasteiger partial charge in [-0.25, -0.2) is 18.2 Å². The Kier molecular flexibility index (Phi) is 4.22. The zero-order valence-corrected chi connectivity index (χ0v) is 12.2. The van der Waals surface area contributed by atoms with Gasteiger partial charge >= 0.3 is 5.97 Å². The van der Waals surface area contributed by atoms with E-state index in [2.05, 4.69) is 4.98 Å². The lowest BCUT2D eigenvalue weighted by Gasteiger charge is -2.25. The first-order valence-corrected chi connectivity index (χ1v) is 8.45. The maximum atomic E-state index is 12.6. The molecule has 0 bridgehead atoms. The second-order valence-corrected chi connectivity index (χ2v) is 7.55. The van der Waals surface area contributed by atoms with Crippen LogP contribution in [0.4, 0.5) is 0 Å². The van der Waals surface area contributed by atoms with Gasteiger partial charge in [0.2, 0.25) is 0 Å². The first-order chi connectivity index (χ1) is 8.94. The van der Waals surface area contributed by atoms with Crippen molar-refractivity contribution in [2.45, 2.75) is 42.9 Å². The highest BCUT2D eigenvalue weighted by molar-refractivity contribution is 7.91. The van der Waals surface area contributed by atoms with Gasteiger partial charge < -0.3 is 5.11 Å². The molecular formula is C11H16N2O4S2. The topological polar surface area (TPSA) is 87.6 Å². The third-order valence-corrected chi connectivity index (χ3v) is 6.63. The van der Waals surface area contributed by atoms with Crippen molar-refractivity contribution in [2.75, 3.05) is 6.54 Å². The van der Waals surface area contributed by atoms with Crippen molar-refractivity contribution in [2.24, 2.45) is 0 Å². The normalized spacial score (nSPS) is 22.1. The summed E-state index contributed by atoms with van der Waals surface area (Å²) in [5.74, 6) is -1.30. The van der Waals surface area contributed by atoms with Crippen LogP contribution in [0, 0.1) is 0 Å². The molecule has 1 N–H and O–H groups in total. The minimum absolute atomic E-state index is 0.101. The second-order valence-electron chi connectivity index (χ2n) is 4.61. The van der Waals surface area contributed by atoms with Crippen LogP contribution in [0.25, 0.3) is 0 Å². The molecule has 6 nitrogen and oxygen atoms in total.